The van der Waals surface area contributed by atoms with Crippen LogP contribution < -0.4 is 4.72 Å². The van der Waals surface area contributed by atoms with E-state index in [1.165, 1.54) is 12.1 Å². The molecule has 0 spiro atoms. The van der Waals surface area contributed by atoms with Crippen molar-refractivity contribution in [2.24, 2.45) is 0 Å². The highest BCUT2D eigenvalue weighted by Gasteiger charge is 2.63. The molecular formula is C21H19F3N2O6S2. The Balaban J connectivity index is 1.55. The maximum Gasteiger partial charge on any atom is 0.452 e. The van der Waals surface area contributed by atoms with Gasteiger partial charge in [0.25, 0.3) is 10.0 Å². The van der Waals surface area contributed by atoms with Crippen molar-refractivity contribution in [1.82, 2.24) is 9.88 Å². The van der Waals surface area contributed by atoms with Crippen molar-refractivity contribution in [2.75, 3.05) is 6.61 Å². The number of halogens is 3. The summed E-state index contributed by atoms with van der Waals surface area (Å²) in [6.45, 7) is 0.0151. The summed E-state index contributed by atoms with van der Waals surface area (Å²) in [7, 11) is -4.30. The van der Waals surface area contributed by atoms with Crippen molar-refractivity contribution < 1.29 is 41.1 Å². The molecule has 1 aromatic carbocycles. The molecule has 3 N–H and O–H groups in total. The van der Waals surface area contributed by atoms with Crippen molar-refractivity contribution in [3.05, 3.63) is 59.4 Å². The summed E-state index contributed by atoms with van der Waals surface area (Å²) in [5.74, 6) is -3.24. The SMILES string of the molecule is O=C(O)C1(NS(=O)(=O)c2ccc(-c3cc(C(F)(F)F)on3)s2)CC1c1cccc(CCCO)c1. The second kappa shape index (κ2) is 8.80. The van der Waals surface area contributed by atoms with E-state index in [0.29, 0.717) is 35.8 Å². The van der Waals surface area contributed by atoms with E-state index >= 15 is 0 Å². The molecule has 0 radical (unpaired) electrons. The Morgan fingerprint density at radius 1 is 1.26 bits per heavy atom. The Kier molecular flexibility index (Phi) is 6.31. The van der Waals surface area contributed by atoms with Gasteiger partial charge in [0.2, 0.25) is 5.76 Å². The molecule has 1 saturated carbocycles. The van der Waals surface area contributed by atoms with Crippen molar-refractivity contribution in [3.63, 3.8) is 0 Å². The topological polar surface area (TPSA) is 130 Å². The second-order valence-electron chi connectivity index (χ2n) is 7.90. The number of nitrogens with zero attached hydrogens (tertiary/aromatic N) is 1. The molecule has 182 valence electrons. The third-order valence-corrected chi connectivity index (χ3v) is 8.63. The van der Waals surface area contributed by atoms with Gasteiger partial charge in [0, 0.05) is 18.6 Å². The summed E-state index contributed by atoms with van der Waals surface area (Å²) < 4.78 is 70.5. The largest absolute Gasteiger partial charge is 0.480 e. The highest BCUT2D eigenvalue weighted by atomic mass is 32.2. The Bertz CT molecular complexity index is 1320. The summed E-state index contributed by atoms with van der Waals surface area (Å²) in [5.41, 5.74) is -0.365. The number of sulfonamides is 1. The first-order chi connectivity index (χ1) is 16.0. The molecule has 1 aliphatic rings. The zero-order chi connectivity index (χ0) is 24.7. The van der Waals surface area contributed by atoms with Gasteiger partial charge in [-0.3, -0.25) is 4.79 Å². The molecule has 13 heteroatoms. The highest BCUT2D eigenvalue weighted by molar-refractivity contribution is 7.91. The van der Waals surface area contributed by atoms with Crippen molar-refractivity contribution in [2.45, 2.75) is 41.1 Å². The third kappa shape index (κ3) is 4.73. The van der Waals surface area contributed by atoms with Crippen molar-refractivity contribution in [3.8, 4) is 10.6 Å². The van der Waals surface area contributed by atoms with Crippen LogP contribution in [0.25, 0.3) is 10.6 Å². The number of aliphatic hydroxyl groups is 1. The second-order valence-corrected chi connectivity index (χ2v) is 10.9. The average molecular weight is 517 g/mol. The fourth-order valence-corrected chi connectivity index (χ4v) is 6.39. The van der Waals surface area contributed by atoms with Crippen LogP contribution in [0.3, 0.4) is 0 Å². The number of benzene rings is 1. The number of carboxylic acids is 1. The number of rotatable bonds is 9. The minimum Gasteiger partial charge on any atom is -0.480 e. The van der Waals surface area contributed by atoms with Gasteiger partial charge in [-0.15, -0.1) is 11.3 Å². The minimum absolute atomic E-state index is 0.0151. The Labute approximate surface area is 196 Å². The average Bonchev–Trinajstić information content (AvgIpc) is 3.13. The summed E-state index contributed by atoms with van der Waals surface area (Å²) in [6, 6.07) is 10.2. The van der Waals surface area contributed by atoms with E-state index in [9.17, 15) is 31.5 Å². The lowest BCUT2D eigenvalue weighted by Gasteiger charge is -2.15. The monoisotopic (exact) mass is 516 g/mol. The molecule has 2 heterocycles. The number of aliphatic hydroxyl groups excluding tert-OH is 1. The molecule has 2 atom stereocenters. The standard InChI is InChI=1S/C21H19F3N2O6S2/c22-21(23,24)17-10-15(25-32-17)16-6-7-18(33-16)34(30,31)26-20(19(28)29)11-14(20)13-5-1-3-12(9-13)4-2-8-27/h1,3,5-7,9-10,14,26-27H,2,4,8,11H2,(H,28,29). The van der Waals surface area contributed by atoms with Gasteiger partial charge in [0.15, 0.2) is 0 Å². The van der Waals surface area contributed by atoms with Gasteiger partial charge in [-0.05, 0) is 42.5 Å². The molecule has 2 unspecified atom stereocenters. The van der Waals surface area contributed by atoms with Crippen LogP contribution in [0, 0.1) is 0 Å². The van der Waals surface area contributed by atoms with E-state index in [1.807, 2.05) is 6.07 Å². The Morgan fingerprint density at radius 2 is 2.03 bits per heavy atom. The van der Waals surface area contributed by atoms with E-state index in [-0.39, 0.29) is 27.8 Å². The normalized spacial score (nSPS) is 20.4. The van der Waals surface area contributed by atoms with Crippen LogP contribution in [0.4, 0.5) is 13.2 Å². The number of hydrogen-bond donors (Lipinski definition) is 3. The molecule has 0 saturated heterocycles. The molecule has 0 amide bonds. The van der Waals surface area contributed by atoms with E-state index in [4.69, 9.17) is 5.11 Å². The summed E-state index contributed by atoms with van der Waals surface area (Å²) in [4.78, 5) is 12.2. The third-order valence-electron chi connectivity index (χ3n) is 5.52. The van der Waals surface area contributed by atoms with Gasteiger partial charge < -0.3 is 14.7 Å². The van der Waals surface area contributed by atoms with Crippen LogP contribution in [0.2, 0.25) is 0 Å². The van der Waals surface area contributed by atoms with Gasteiger partial charge in [-0.1, -0.05) is 29.4 Å². The molecule has 8 nitrogen and oxygen atoms in total. The first-order valence-corrected chi connectivity index (χ1v) is 12.4. The van der Waals surface area contributed by atoms with Crippen LogP contribution in [-0.4, -0.2) is 41.9 Å². The highest BCUT2D eigenvalue weighted by Crippen LogP contribution is 2.53. The molecule has 0 bridgehead atoms. The molecule has 2 aromatic heterocycles. The summed E-state index contributed by atoms with van der Waals surface area (Å²) in [6.07, 6.45) is -3.55. The lowest BCUT2D eigenvalue weighted by molar-refractivity contribution is -0.155. The summed E-state index contributed by atoms with van der Waals surface area (Å²) in [5, 5.41) is 22.2. The Morgan fingerprint density at radius 3 is 2.68 bits per heavy atom. The number of hydrogen-bond acceptors (Lipinski definition) is 7. The van der Waals surface area contributed by atoms with E-state index < -0.39 is 39.4 Å². The van der Waals surface area contributed by atoms with Gasteiger partial charge in [-0.25, -0.2) is 8.42 Å². The van der Waals surface area contributed by atoms with Crippen molar-refractivity contribution >= 4 is 27.3 Å². The fourth-order valence-electron chi connectivity index (χ4n) is 3.72. The quantitative estimate of drug-likeness (QED) is 0.396. The first kappa shape index (κ1) is 24.4. The number of aliphatic carboxylic acids is 1. The summed E-state index contributed by atoms with van der Waals surface area (Å²) >= 11 is 0.649. The Hall–Kier alpha value is -2.74. The molecule has 34 heavy (non-hydrogen) atoms. The van der Waals surface area contributed by atoms with E-state index in [2.05, 4.69) is 14.4 Å². The number of carboxylic acid groups (broad SMARTS) is 1. The van der Waals surface area contributed by atoms with Gasteiger partial charge in [-0.2, -0.15) is 17.9 Å². The molecular weight excluding hydrogens is 497 g/mol. The lowest BCUT2D eigenvalue weighted by atomic mass is 10.0. The first-order valence-electron chi connectivity index (χ1n) is 10.1. The maximum atomic E-state index is 13.0. The van der Waals surface area contributed by atoms with Crippen LogP contribution in [0.15, 0.2) is 51.2 Å². The predicted molar refractivity (Wildman–Crippen MR) is 115 cm³/mol. The number of alkyl halides is 3. The predicted octanol–water partition coefficient (Wildman–Crippen LogP) is 3.64. The van der Waals surface area contributed by atoms with Gasteiger partial charge in [0.1, 0.15) is 15.4 Å². The van der Waals surface area contributed by atoms with Gasteiger partial charge in [0.05, 0.1) is 4.88 Å². The van der Waals surface area contributed by atoms with Crippen LogP contribution in [-0.2, 0) is 27.4 Å². The number of aryl methyl sites for hydroxylation is 1. The van der Waals surface area contributed by atoms with Crippen molar-refractivity contribution in [1.29, 1.82) is 0 Å². The number of thiophene rings is 1. The fraction of sp³-hybridized carbons (Fsp3) is 0.333. The number of carbonyl (C=O) groups is 1. The molecule has 1 fully saturated rings. The van der Waals surface area contributed by atoms with E-state index in [0.717, 1.165) is 5.56 Å². The molecule has 0 aliphatic heterocycles. The maximum absolute atomic E-state index is 13.0. The smallest absolute Gasteiger partial charge is 0.452 e. The van der Waals surface area contributed by atoms with Crippen LogP contribution in [0.1, 0.15) is 35.6 Å². The minimum atomic E-state index is -4.73. The molecule has 1 aliphatic carbocycles. The zero-order valence-corrected chi connectivity index (χ0v) is 19.0. The van der Waals surface area contributed by atoms with Crippen LogP contribution >= 0.6 is 11.3 Å². The van der Waals surface area contributed by atoms with E-state index in [1.54, 1.807) is 18.2 Å². The number of aromatic nitrogens is 1. The lowest BCUT2D eigenvalue weighted by Crippen LogP contribution is -2.44. The number of nitrogens with one attached hydrogen (secondary N) is 1. The molecule has 4 rings (SSSR count). The van der Waals surface area contributed by atoms with Crippen LogP contribution in [0.5, 0.6) is 0 Å². The molecule has 3 aromatic rings. The van der Waals surface area contributed by atoms with Gasteiger partial charge >= 0.3 is 12.1 Å². The zero-order valence-electron chi connectivity index (χ0n) is 17.4.